The van der Waals surface area contributed by atoms with Gasteiger partial charge in [-0.25, -0.2) is 9.97 Å². The number of aromatic nitrogens is 2. The van der Waals surface area contributed by atoms with Crippen LogP contribution in [0.3, 0.4) is 0 Å². The quantitative estimate of drug-likeness (QED) is 0.776. The van der Waals surface area contributed by atoms with Crippen LogP contribution in [0.15, 0.2) is 6.20 Å². The van der Waals surface area contributed by atoms with Crippen LogP contribution in [0.25, 0.3) is 0 Å². The Balaban J connectivity index is 2.26. The highest BCUT2D eigenvalue weighted by atomic mass is 32.2. The fraction of sp³-hybridized carbons (Fsp3) is 0.556. The zero-order valence-electron chi connectivity index (χ0n) is 7.66. The van der Waals surface area contributed by atoms with Crippen LogP contribution in [0.2, 0.25) is 0 Å². The van der Waals surface area contributed by atoms with Gasteiger partial charge >= 0.3 is 0 Å². The molecule has 1 saturated heterocycles. The third-order valence-corrected chi connectivity index (χ3v) is 3.53. The van der Waals surface area contributed by atoms with Gasteiger partial charge in [-0.1, -0.05) is 6.92 Å². The first-order chi connectivity index (χ1) is 6.31. The predicted octanol–water partition coefficient (Wildman–Crippen LogP) is 1.45. The van der Waals surface area contributed by atoms with Crippen molar-refractivity contribution < 1.29 is 0 Å². The summed E-state index contributed by atoms with van der Waals surface area (Å²) >= 11 is 1.95. The topological polar surface area (TPSA) is 51.8 Å². The van der Waals surface area contributed by atoms with Crippen LogP contribution in [0.4, 0.5) is 5.69 Å². The molecule has 1 aromatic rings. The summed E-state index contributed by atoms with van der Waals surface area (Å²) in [7, 11) is 0. The maximum Gasteiger partial charge on any atom is 0.133 e. The van der Waals surface area contributed by atoms with Crippen LogP contribution in [0, 0.1) is 0 Å². The number of thioether (sulfide) groups is 1. The van der Waals surface area contributed by atoms with Crippen molar-refractivity contribution in [2.75, 3.05) is 17.2 Å². The van der Waals surface area contributed by atoms with Gasteiger partial charge in [-0.05, 0) is 6.42 Å². The first-order valence-electron chi connectivity index (χ1n) is 4.50. The minimum atomic E-state index is 0.566. The summed E-state index contributed by atoms with van der Waals surface area (Å²) in [5.74, 6) is 3.86. The fourth-order valence-corrected chi connectivity index (χ4v) is 2.08. The summed E-state index contributed by atoms with van der Waals surface area (Å²) < 4.78 is 0. The molecular formula is C9H13N3S. The lowest BCUT2D eigenvalue weighted by Crippen LogP contribution is -2.19. The van der Waals surface area contributed by atoms with Crippen molar-refractivity contribution in [1.82, 2.24) is 9.97 Å². The lowest BCUT2D eigenvalue weighted by molar-refractivity contribution is 0.751. The van der Waals surface area contributed by atoms with E-state index in [0.29, 0.717) is 5.92 Å². The molecule has 0 radical (unpaired) electrons. The van der Waals surface area contributed by atoms with Crippen molar-refractivity contribution >= 4 is 17.4 Å². The number of anilines is 1. The molecule has 1 aliphatic heterocycles. The Kier molecular flexibility index (Phi) is 2.40. The summed E-state index contributed by atoms with van der Waals surface area (Å²) in [5.41, 5.74) is 7.44. The van der Waals surface area contributed by atoms with Gasteiger partial charge in [0, 0.05) is 17.4 Å². The van der Waals surface area contributed by atoms with Crippen LogP contribution in [0.5, 0.6) is 0 Å². The molecule has 1 fully saturated rings. The molecule has 0 amide bonds. The molecule has 2 rings (SSSR count). The van der Waals surface area contributed by atoms with Gasteiger partial charge in [0.1, 0.15) is 5.82 Å². The van der Waals surface area contributed by atoms with Gasteiger partial charge in [0.15, 0.2) is 0 Å². The summed E-state index contributed by atoms with van der Waals surface area (Å²) in [6, 6.07) is 0. The average Bonchev–Trinajstić information content (AvgIpc) is 2.05. The van der Waals surface area contributed by atoms with Crippen molar-refractivity contribution in [3.8, 4) is 0 Å². The van der Waals surface area contributed by atoms with Crippen molar-refractivity contribution in [2.24, 2.45) is 0 Å². The van der Waals surface area contributed by atoms with Crippen LogP contribution >= 0.6 is 11.8 Å². The van der Waals surface area contributed by atoms with Crippen LogP contribution in [-0.2, 0) is 6.42 Å². The third kappa shape index (κ3) is 1.63. The Morgan fingerprint density at radius 2 is 2.38 bits per heavy atom. The van der Waals surface area contributed by atoms with Crippen LogP contribution < -0.4 is 5.73 Å². The molecule has 0 aromatic carbocycles. The van der Waals surface area contributed by atoms with Gasteiger partial charge in [0.05, 0.1) is 17.6 Å². The van der Waals surface area contributed by atoms with E-state index in [0.717, 1.165) is 35.1 Å². The van der Waals surface area contributed by atoms with Gasteiger partial charge in [0.2, 0.25) is 0 Å². The lowest BCUT2D eigenvalue weighted by atomic mass is 10.1. The highest BCUT2D eigenvalue weighted by molar-refractivity contribution is 8.00. The van der Waals surface area contributed by atoms with E-state index in [2.05, 4.69) is 16.9 Å². The molecule has 4 heteroatoms. The van der Waals surface area contributed by atoms with E-state index in [1.807, 2.05) is 11.8 Å². The van der Waals surface area contributed by atoms with E-state index >= 15 is 0 Å². The molecule has 0 unspecified atom stereocenters. The molecular weight excluding hydrogens is 182 g/mol. The average molecular weight is 195 g/mol. The number of aryl methyl sites for hydroxylation is 1. The number of nitrogens with two attached hydrogens (primary N) is 1. The molecule has 70 valence electrons. The van der Waals surface area contributed by atoms with Gasteiger partial charge in [-0.2, -0.15) is 11.8 Å². The fourth-order valence-electron chi connectivity index (χ4n) is 1.31. The van der Waals surface area contributed by atoms with E-state index in [1.54, 1.807) is 6.20 Å². The van der Waals surface area contributed by atoms with Gasteiger partial charge in [-0.3, -0.25) is 0 Å². The molecule has 1 aliphatic rings. The maximum atomic E-state index is 5.73. The van der Waals surface area contributed by atoms with Gasteiger partial charge in [0.25, 0.3) is 0 Å². The first-order valence-corrected chi connectivity index (χ1v) is 5.65. The van der Waals surface area contributed by atoms with Crippen LogP contribution in [-0.4, -0.2) is 21.5 Å². The molecule has 2 heterocycles. The summed E-state index contributed by atoms with van der Waals surface area (Å²) in [6.07, 6.45) is 2.63. The summed E-state index contributed by atoms with van der Waals surface area (Å²) in [4.78, 5) is 8.72. The highest BCUT2D eigenvalue weighted by Crippen LogP contribution is 2.32. The minimum absolute atomic E-state index is 0.566. The van der Waals surface area contributed by atoms with Gasteiger partial charge in [-0.15, -0.1) is 0 Å². The number of nitrogen functional groups attached to an aromatic ring is 1. The second-order valence-corrected chi connectivity index (χ2v) is 4.29. The Morgan fingerprint density at radius 3 is 2.92 bits per heavy atom. The SMILES string of the molecule is CCc1nc(C2CSC2)ncc1N. The third-order valence-electron chi connectivity index (χ3n) is 2.26. The number of rotatable bonds is 2. The predicted molar refractivity (Wildman–Crippen MR) is 55.9 cm³/mol. The van der Waals surface area contributed by atoms with Crippen molar-refractivity contribution in [3.05, 3.63) is 17.7 Å². The zero-order chi connectivity index (χ0) is 9.26. The number of hydrogen-bond donors (Lipinski definition) is 1. The van der Waals surface area contributed by atoms with E-state index in [4.69, 9.17) is 5.73 Å². The summed E-state index contributed by atoms with van der Waals surface area (Å²) in [5, 5.41) is 0. The Labute approximate surface area is 82.2 Å². The molecule has 0 atom stereocenters. The standard InChI is InChI=1S/C9H13N3S/c1-2-8-7(10)3-11-9(12-8)6-4-13-5-6/h3,6H,2,4-5,10H2,1H3. The van der Waals surface area contributed by atoms with E-state index in [1.165, 1.54) is 0 Å². The van der Waals surface area contributed by atoms with Crippen molar-refractivity contribution in [1.29, 1.82) is 0 Å². The molecule has 0 spiro atoms. The van der Waals surface area contributed by atoms with Gasteiger partial charge < -0.3 is 5.73 Å². The molecule has 0 aliphatic carbocycles. The normalized spacial score (nSPS) is 17.0. The second-order valence-electron chi connectivity index (χ2n) is 3.22. The smallest absolute Gasteiger partial charge is 0.133 e. The molecule has 3 nitrogen and oxygen atoms in total. The second kappa shape index (κ2) is 3.54. The highest BCUT2D eigenvalue weighted by Gasteiger charge is 2.23. The van der Waals surface area contributed by atoms with E-state index < -0.39 is 0 Å². The molecule has 0 saturated carbocycles. The lowest BCUT2D eigenvalue weighted by Gasteiger charge is -2.23. The number of nitrogens with zero attached hydrogens (tertiary/aromatic N) is 2. The molecule has 1 aromatic heterocycles. The monoisotopic (exact) mass is 195 g/mol. The maximum absolute atomic E-state index is 5.73. The minimum Gasteiger partial charge on any atom is -0.396 e. The largest absolute Gasteiger partial charge is 0.396 e. The van der Waals surface area contributed by atoms with Crippen molar-refractivity contribution in [2.45, 2.75) is 19.3 Å². The van der Waals surface area contributed by atoms with E-state index in [-0.39, 0.29) is 0 Å². The molecule has 0 bridgehead atoms. The molecule has 2 N–H and O–H groups in total. The van der Waals surface area contributed by atoms with E-state index in [9.17, 15) is 0 Å². The Hall–Kier alpha value is -0.770. The first kappa shape index (κ1) is 8.81. The van der Waals surface area contributed by atoms with Crippen molar-refractivity contribution in [3.63, 3.8) is 0 Å². The van der Waals surface area contributed by atoms with Crippen LogP contribution in [0.1, 0.15) is 24.4 Å². The Bertz CT molecular complexity index is 310. The zero-order valence-corrected chi connectivity index (χ0v) is 8.47. The molecule has 13 heavy (non-hydrogen) atoms. The Morgan fingerprint density at radius 1 is 1.62 bits per heavy atom. The number of hydrogen-bond acceptors (Lipinski definition) is 4. The summed E-state index contributed by atoms with van der Waals surface area (Å²) in [6.45, 7) is 2.07.